The normalized spacial score (nSPS) is 22.5. The Balaban J connectivity index is 1.37. The number of aromatic nitrogens is 2. The van der Waals surface area contributed by atoms with Gasteiger partial charge in [-0.1, -0.05) is 50.0 Å². The second kappa shape index (κ2) is 9.50. The Morgan fingerprint density at radius 2 is 1.89 bits per heavy atom. The molecule has 0 bridgehead atoms. The van der Waals surface area contributed by atoms with Crippen molar-refractivity contribution in [1.82, 2.24) is 14.3 Å². The van der Waals surface area contributed by atoms with Crippen molar-refractivity contribution in [3.8, 4) is 11.5 Å². The molecular weight excluding hydrogens is 508 g/mol. The zero-order valence-electron chi connectivity index (χ0n) is 20.5. The molecule has 0 saturated carbocycles. The molecule has 2 aromatic heterocycles. The SMILES string of the molecule is CC1CC(C)CN(c2nc3ccccn3c(=O)c2C=C2SC(=S)N(Cc3ccc4c(c3)OCO4)C2=O)C1. The molecule has 1 amide bonds. The molecule has 5 heterocycles. The molecule has 3 aliphatic rings. The summed E-state index contributed by atoms with van der Waals surface area (Å²) >= 11 is 6.78. The lowest BCUT2D eigenvalue weighted by atomic mass is 9.91. The fraction of sp³-hybridized carbons (Fsp3) is 0.333. The smallest absolute Gasteiger partial charge is 0.267 e. The Labute approximate surface area is 223 Å². The second-order valence-electron chi connectivity index (χ2n) is 9.89. The van der Waals surface area contributed by atoms with Crippen molar-refractivity contribution in [2.24, 2.45) is 11.8 Å². The largest absolute Gasteiger partial charge is 0.454 e. The van der Waals surface area contributed by atoms with E-state index in [0.717, 1.165) is 25.1 Å². The Morgan fingerprint density at radius 1 is 1.11 bits per heavy atom. The summed E-state index contributed by atoms with van der Waals surface area (Å²) in [6.45, 7) is 6.56. The average molecular weight is 535 g/mol. The molecule has 0 spiro atoms. The lowest BCUT2D eigenvalue weighted by molar-refractivity contribution is -0.122. The molecule has 2 unspecified atom stereocenters. The number of nitrogens with zero attached hydrogens (tertiary/aromatic N) is 4. The highest BCUT2D eigenvalue weighted by atomic mass is 32.2. The molecule has 190 valence electrons. The van der Waals surface area contributed by atoms with E-state index in [4.69, 9.17) is 26.7 Å². The fourth-order valence-corrected chi connectivity index (χ4v) is 6.52. The van der Waals surface area contributed by atoms with E-state index in [2.05, 4.69) is 18.7 Å². The van der Waals surface area contributed by atoms with Crippen LogP contribution >= 0.6 is 24.0 Å². The van der Waals surface area contributed by atoms with Crippen molar-refractivity contribution in [2.45, 2.75) is 26.8 Å². The molecule has 37 heavy (non-hydrogen) atoms. The van der Waals surface area contributed by atoms with Crippen molar-refractivity contribution in [1.29, 1.82) is 0 Å². The predicted molar refractivity (Wildman–Crippen MR) is 148 cm³/mol. The van der Waals surface area contributed by atoms with Gasteiger partial charge in [-0.2, -0.15) is 0 Å². The summed E-state index contributed by atoms with van der Waals surface area (Å²) < 4.78 is 12.8. The summed E-state index contributed by atoms with van der Waals surface area (Å²) in [5.41, 5.74) is 1.67. The third-order valence-electron chi connectivity index (χ3n) is 6.84. The molecule has 2 fully saturated rings. The van der Waals surface area contributed by atoms with Crippen LogP contribution in [-0.2, 0) is 11.3 Å². The first-order valence-corrected chi connectivity index (χ1v) is 13.5. The van der Waals surface area contributed by atoms with Gasteiger partial charge in [0.25, 0.3) is 11.5 Å². The summed E-state index contributed by atoms with van der Waals surface area (Å²) in [7, 11) is 0. The summed E-state index contributed by atoms with van der Waals surface area (Å²) in [4.78, 5) is 36.2. The topological polar surface area (TPSA) is 76.4 Å². The van der Waals surface area contributed by atoms with Crippen LogP contribution in [0.1, 0.15) is 31.4 Å². The average Bonchev–Trinajstić information content (AvgIpc) is 3.44. The fourth-order valence-electron chi connectivity index (χ4n) is 5.28. The monoisotopic (exact) mass is 534 g/mol. The van der Waals surface area contributed by atoms with Crippen LogP contribution < -0.4 is 19.9 Å². The number of fused-ring (bicyclic) bond motifs is 2. The summed E-state index contributed by atoms with van der Waals surface area (Å²) in [6, 6.07) is 11.1. The quantitative estimate of drug-likeness (QED) is 0.362. The van der Waals surface area contributed by atoms with Crippen molar-refractivity contribution in [3.05, 3.63) is 69.0 Å². The van der Waals surface area contributed by atoms with Gasteiger partial charge in [-0.3, -0.25) is 18.9 Å². The van der Waals surface area contributed by atoms with Gasteiger partial charge in [0.15, 0.2) is 11.5 Å². The number of piperidine rings is 1. The molecule has 0 N–H and O–H groups in total. The molecular formula is C27H26N4O4S2. The lowest BCUT2D eigenvalue weighted by Crippen LogP contribution is -2.40. The number of hydrogen-bond donors (Lipinski definition) is 0. The van der Waals surface area contributed by atoms with Crippen LogP contribution in [0.25, 0.3) is 11.7 Å². The maximum Gasteiger partial charge on any atom is 0.267 e. The van der Waals surface area contributed by atoms with Gasteiger partial charge in [0, 0.05) is 19.3 Å². The van der Waals surface area contributed by atoms with Crippen molar-refractivity contribution in [2.75, 3.05) is 24.8 Å². The van der Waals surface area contributed by atoms with Gasteiger partial charge in [-0.05, 0) is 54.2 Å². The molecule has 2 saturated heterocycles. The first-order valence-electron chi connectivity index (χ1n) is 12.3. The van der Waals surface area contributed by atoms with Crippen molar-refractivity contribution in [3.63, 3.8) is 0 Å². The maximum atomic E-state index is 13.7. The van der Waals surface area contributed by atoms with Gasteiger partial charge in [0.05, 0.1) is 17.0 Å². The highest BCUT2D eigenvalue weighted by molar-refractivity contribution is 8.26. The Kier molecular flexibility index (Phi) is 6.16. The summed E-state index contributed by atoms with van der Waals surface area (Å²) in [5.74, 6) is 2.70. The second-order valence-corrected chi connectivity index (χ2v) is 11.6. The maximum absolute atomic E-state index is 13.7. The van der Waals surface area contributed by atoms with E-state index in [-0.39, 0.29) is 18.3 Å². The van der Waals surface area contributed by atoms with E-state index in [1.54, 1.807) is 23.2 Å². The minimum Gasteiger partial charge on any atom is -0.454 e. The molecule has 0 radical (unpaired) electrons. The van der Waals surface area contributed by atoms with Gasteiger partial charge in [-0.25, -0.2) is 4.98 Å². The molecule has 0 aliphatic carbocycles. The molecule has 3 aliphatic heterocycles. The molecule has 8 nitrogen and oxygen atoms in total. The summed E-state index contributed by atoms with van der Waals surface area (Å²) in [5, 5.41) is 0. The van der Waals surface area contributed by atoms with Crippen molar-refractivity contribution < 1.29 is 14.3 Å². The summed E-state index contributed by atoms with van der Waals surface area (Å²) in [6.07, 6.45) is 4.52. The van der Waals surface area contributed by atoms with E-state index in [1.807, 2.05) is 30.3 Å². The number of pyridine rings is 1. The molecule has 1 aromatic carbocycles. The van der Waals surface area contributed by atoms with Gasteiger partial charge in [0.1, 0.15) is 15.8 Å². The standard InChI is InChI=1S/C27H26N4O4S2/c1-16-9-17(2)13-29(12-16)24-19(25(32)30-8-4-3-5-23(30)28-24)11-22-26(33)31(27(36)37-22)14-18-6-7-20-21(10-18)35-15-34-20/h3-8,10-11,16-17H,9,12-15H2,1-2H3. The van der Waals surface area contributed by atoms with Crippen LogP contribution in [0.3, 0.4) is 0 Å². The number of thioether (sulfide) groups is 1. The van der Waals surface area contributed by atoms with Gasteiger partial charge in [0.2, 0.25) is 6.79 Å². The van der Waals surface area contributed by atoms with Crippen LogP contribution in [0, 0.1) is 11.8 Å². The Hall–Kier alpha value is -3.37. The molecule has 10 heteroatoms. The molecule has 2 atom stereocenters. The number of carbonyl (C=O) groups is 1. The predicted octanol–water partition coefficient (Wildman–Crippen LogP) is 4.31. The lowest BCUT2D eigenvalue weighted by Gasteiger charge is -2.36. The number of benzene rings is 1. The van der Waals surface area contributed by atoms with E-state index in [9.17, 15) is 9.59 Å². The van der Waals surface area contributed by atoms with Crippen LogP contribution in [0.15, 0.2) is 52.3 Å². The molecule has 3 aromatic rings. The number of carbonyl (C=O) groups excluding carboxylic acids is 1. The van der Waals surface area contributed by atoms with E-state index >= 15 is 0 Å². The number of hydrogen-bond acceptors (Lipinski definition) is 8. The highest BCUT2D eigenvalue weighted by Gasteiger charge is 2.34. The van der Waals surface area contributed by atoms with Gasteiger partial charge < -0.3 is 14.4 Å². The van der Waals surface area contributed by atoms with Crippen LogP contribution in [-0.4, -0.2) is 44.4 Å². The minimum atomic E-state index is -0.225. The number of anilines is 1. The number of ether oxygens (including phenoxy) is 2. The third-order valence-corrected chi connectivity index (χ3v) is 8.22. The van der Waals surface area contributed by atoms with Crippen LogP contribution in [0.5, 0.6) is 11.5 Å². The minimum absolute atomic E-state index is 0.189. The van der Waals surface area contributed by atoms with Crippen LogP contribution in [0.4, 0.5) is 5.82 Å². The zero-order valence-corrected chi connectivity index (χ0v) is 22.2. The van der Waals surface area contributed by atoms with E-state index in [1.165, 1.54) is 16.2 Å². The first-order chi connectivity index (χ1) is 17.9. The number of rotatable bonds is 4. The van der Waals surface area contributed by atoms with E-state index in [0.29, 0.717) is 56.1 Å². The van der Waals surface area contributed by atoms with Gasteiger partial charge in [-0.15, -0.1) is 0 Å². The Bertz CT molecular complexity index is 1510. The third kappa shape index (κ3) is 4.48. The Morgan fingerprint density at radius 3 is 2.70 bits per heavy atom. The number of thiocarbonyl (C=S) groups is 1. The first kappa shape index (κ1) is 24.0. The molecule has 6 rings (SSSR count). The number of amides is 1. The van der Waals surface area contributed by atoms with Crippen LogP contribution in [0.2, 0.25) is 0 Å². The zero-order chi connectivity index (χ0) is 25.7. The van der Waals surface area contributed by atoms with Crippen molar-refractivity contribution >= 4 is 51.7 Å². The van der Waals surface area contributed by atoms with Gasteiger partial charge >= 0.3 is 0 Å². The van der Waals surface area contributed by atoms with E-state index < -0.39 is 0 Å². The highest BCUT2D eigenvalue weighted by Crippen LogP contribution is 2.37.